The van der Waals surface area contributed by atoms with Crippen LogP contribution in [0.25, 0.3) is 0 Å². The summed E-state index contributed by atoms with van der Waals surface area (Å²) in [6.45, 7) is 5.18. The number of benzene rings is 1. The molecular weight excluding hydrogens is 319 g/mol. The molecule has 1 fully saturated rings. The molecule has 0 spiro atoms. The predicted octanol–water partition coefficient (Wildman–Crippen LogP) is 3.73. The van der Waals surface area contributed by atoms with E-state index in [1.165, 1.54) is 12.1 Å². The molecule has 1 N–H and O–H groups in total. The molecule has 1 aliphatic rings. The van der Waals surface area contributed by atoms with E-state index in [2.05, 4.69) is 12.2 Å². The molecule has 0 aliphatic carbocycles. The van der Waals surface area contributed by atoms with Gasteiger partial charge in [-0.1, -0.05) is 19.8 Å². The van der Waals surface area contributed by atoms with E-state index in [1.54, 1.807) is 4.90 Å². The number of halogens is 3. The van der Waals surface area contributed by atoms with E-state index in [4.69, 9.17) is 0 Å². The maximum Gasteiger partial charge on any atom is 0.416 e. The monoisotopic (exact) mass is 343 g/mol. The van der Waals surface area contributed by atoms with Gasteiger partial charge >= 0.3 is 12.2 Å². The van der Waals surface area contributed by atoms with Crippen LogP contribution in [0.1, 0.15) is 31.7 Å². The Hall–Kier alpha value is -1.92. The van der Waals surface area contributed by atoms with Crippen molar-refractivity contribution in [2.75, 3.05) is 37.6 Å². The Morgan fingerprint density at radius 2 is 1.71 bits per heavy atom. The summed E-state index contributed by atoms with van der Waals surface area (Å²) < 4.78 is 37.8. The molecule has 1 heterocycles. The molecule has 24 heavy (non-hydrogen) atoms. The second-order valence-electron chi connectivity index (χ2n) is 5.96. The Morgan fingerprint density at radius 1 is 1.08 bits per heavy atom. The Morgan fingerprint density at radius 3 is 2.25 bits per heavy atom. The Labute approximate surface area is 140 Å². The second-order valence-corrected chi connectivity index (χ2v) is 5.96. The molecule has 2 amide bonds. The maximum absolute atomic E-state index is 12.6. The quantitative estimate of drug-likeness (QED) is 0.827. The number of nitrogens with one attached hydrogen (secondary N) is 1. The number of amides is 2. The van der Waals surface area contributed by atoms with Gasteiger partial charge in [0.1, 0.15) is 0 Å². The normalized spacial score (nSPS) is 15.5. The van der Waals surface area contributed by atoms with Crippen LogP contribution >= 0.6 is 0 Å². The highest BCUT2D eigenvalue weighted by molar-refractivity contribution is 5.74. The van der Waals surface area contributed by atoms with Gasteiger partial charge in [-0.2, -0.15) is 13.2 Å². The fourth-order valence-electron chi connectivity index (χ4n) is 2.71. The van der Waals surface area contributed by atoms with Crippen LogP contribution in [0.2, 0.25) is 0 Å². The minimum absolute atomic E-state index is 0.0572. The first-order chi connectivity index (χ1) is 11.4. The first kappa shape index (κ1) is 18.4. The molecule has 0 saturated carbocycles. The zero-order valence-electron chi connectivity index (χ0n) is 13.9. The van der Waals surface area contributed by atoms with Gasteiger partial charge in [-0.3, -0.25) is 0 Å². The highest BCUT2D eigenvalue weighted by atomic mass is 19.4. The molecule has 0 aromatic heterocycles. The lowest BCUT2D eigenvalue weighted by Crippen LogP contribution is -2.52. The van der Waals surface area contributed by atoms with E-state index in [1.807, 2.05) is 4.90 Å². The van der Waals surface area contributed by atoms with Crippen LogP contribution in [0.3, 0.4) is 0 Å². The van der Waals surface area contributed by atoms with Crippen molar-refractivity contribution in [2.24, 2.45) is 0 Å². The maximum atomic E-state index is 12.6. The summed E-state index contributed by atoms with van der Waals surface area (Å²) in [5.41, 5.74) is 0.113. The Bertz CT molecular complexity index is 523. The van der Waals surface area contributed by atoms with Gasteiger partial charge in [0.15, 0.2) is 0 Å². The zero-order chi connectivity index (χ0) is 17.6. The molecule has 0 atom stereocenters. The molecule has 0 unspecified atom stereocenters. The number of nitrogens with zero attached hydrogens (tertiary/aromatic N) is 2. The molecular formula is C17H24F3N3O. The molecule has 7 heteroatoms. The van der Waals surface area contributed by atoms with Crippen LogP contribution in [0.15, 0.2) is 24.3 Å². The zero-order valence-corrected chi connectivity index (χ0v) is 13.9. The summed E-state index contributed by atoms with van der Waals surface area (Å²) in [7, 11) is 0. The van der Waals surface area contributed by atoms with Crippen LogP contribution in [0.5, 0.6) is 0 Å². The van der Waals surface area contributed by atoms with Crippen molar-refractivity contribution in [1.82, 2.24) is 10.2 Å². The number of carbonyl (C=O) groups excluding carboxylic acids is 1. The van der Waals surface area contributed by atoms with Gasteiger partial charge in [0.25, 0.3) is 0 Å². The number of hydrogen-bond acceptors (Lipinski definition) is 2. The van der Waals surface area contributed by atoms with E-state index in [0.717, 1.165) is 37.1 Å². The van der Waals surface area contributed by atoms with Crippen molar-refractivity contribution in [3.8, 4) is 0 Å². The molecule has 4 nitrogen and oxygen atoms in total. The molecule has 1 aliphatic heterocycles. The van der Waals surface area contributed by atoms with Crippen LogP contribution in [-0.4, -0.2) is 43.7 Å². The van der Waals surface area contributed by atoms with Gasteiger partial charge in [-0.15, -0.1) is 0 Å². The van der Waals surface area contributed by atoms with Crippen molar-refractivity contribution in [1.29, 1.82) is 0 Å². The fourth-order valence-corrected chi connectivity index (χ4v) is 2.71. The molecule has 134 valence electrons. The SMILES string of the molecule is CCCCCNC(=O)N1CCN(c2ccc(C(F)(F)F)cc2)CC1. The number of unbranched alkanes of at least 4 members (excludes halogenated alkanes) is 2. The number of piperazine rings is 1. The van der Waals surface area contributed by atoms with Crippen LogP contribution in [0, 0.1) is 0 Å². The second kappa shape index (κ2) is 8.26. The largest absolute Gasteiger partial charge is 0.416 e. The Balaban J connectivity index is 1.81. The average molecular weight is 343 g/mol. The van der Waals surface area contributed by atoms with Gasteiger partial charge in [0.2, 0.25) is 0 Å². The first-order valence-electron chi connectivity index (χ1n) is 8.37. The lowest BCUT2D eigenvalue weighted by Gasteiger charge is -2.36. The summed E-state index contributed by atoms with van der Waals surface area (Å²) in [6.07, 6.45) is -1.12. The summed E-state index contributed by atoms with van der Waals surface area (Å²) in [5, 5.41) is 2.91. The first-order valence-corrected chi connectivity index (χ1v) is 8.37. The third kappa shape index (κ3) is 5.04. The third-order valence-corrected chi connectivity index (χ3v) is 4.18. The number of urea groups is 1. The van der Waals surface area contributed by atoms with Crippen LogP contribution in [0.4, 0.5) is 23.7 Å². The van der Waals surface area contributed by atoms with Crippen molar-refractivity contribution >= 4 is 11.7 Å². The standard InChI is InChI=1S/C17H24F3N3O/c1-2-3-4-9-21-16(24)23-12-10-22(11-13-23)15-7-5-14(6-8-15)17(18,19)20/h5-8H,2-4,9-13H2,1H3,(H,21,24). The number of carbonyl (C=O) groups is 1. The number of rotatable bonds is 5. The van der Waals surface area contributed by atoms with Crippen molar-refractivity contribution < 1.29 is 18.0 Å². The van der Waals surface area contributed by atoms with Gasteiger partial charge in [-0.25, -0.2) is 4.79 Å². The summed E-state index contributed by atoms with van der Waals surface area (Å²) in [6, 6.07) is 5.12. The minimum Gasteiger partial charge on any atom is -0.368 e. The number of alkyl halides is 3. The number of hydrogen-bond donors (Lipinski definition) is 1. The number of anilines is 1. The predicted molar refractivity (Wildman–Crippen MR) is 88.2 cm³/mol. The van der Waals surface area contributed by atoms with Gasteiger partial charge in [0, 0.05) is 38.4 Å². The molecule has 1 aromatic rings. The van der Waals surface area contributed by atoms with Crippen LogP contribution < -0.4 is 10.2 Å². The highest BCUT2D eigenvalue weighted by Gasteiger charge is 2.30. The molecule has 0 bridgehead atoms. The van der Waals surface area contributed by atoms with E-state index >= 15 is 0 Å². The molecule has 0 radical (unpaired) electrons. The summed E-state index contributed by atoms with van der Waals surface area (Å²) >= 11 is 0. The van der Waals surface area contributed by atoms with E-state index in [9.17, 15) is 18.0 Å². The fraction of sp³-hybridized carbons (Fsp3) is 0.588. The van der Waals surface area contributed by atoms with E-state index in [-0.39, 0.29) is 6.03 Å². The van der Waals surface area contributed by atoms with Crippen molar-refractivity contribution in [3.63, 3.8) is 0 Å². The van der Waals surface area contributed by atoms with Gasteiger partial charge in [0.05, 0.1) is 5.56 Å². The van der Waals surface area contributed by atoms with Crippen molar-refractivity contribution in [3.05, 3.63) is 29.8 Å². The lowest BCUT2D eigenvalue weighted by molar-refractivity contribution is -0.137. The minimum atomic E-state index is -4.31. The summed E-state index contributed by atoms with van der Waals surface area (Å²) in [5.74, 6) is 0. The smallest absolute Gasteiger partial charge is 0.368 e. The van der Waals surface area contributed by atoms with Crippen LogP contribution in [-0.2, 0) is 6.18 Å². The third-order valence-electron chi connectivity index (χ3n) is 4.18. The van der Waals surface area contributed by atoms with Gasteiger partial charge in [-0.05, 0) is 30.7 Å². The summed E-state index contributed by atoms with van der Waals surface area (Å²) in [4.78, 5) is 15.8. The van der Waals surface area contributed by atoms with Crippen molar-refractivity contribution in [2.45, 2.75) is 32.4 Å². The molecule has 1 aromatic carbocycles. The van der Waals surface area contributed by atoms with E-state index < -0.39 is 11.7 Å². The molecule has 1 saturated heterocycles. The molecule has 2 rings (SSSR count). The van der Waals surface area contributed by atoms with E-state index in [0.29, 0.717) is 32.7 Å². The topological polar surface area (TPSA) is 35.6 Å². The van der Waals surface area contributed by atoms with Gasteiger partial charge < -0.3 is 15.1 Å². The lowest BCUT2D eigenvalue weighted by atomic mass is 10.1. The Kier molecular flexibility index (Phi) is 6.34. The average Bonchev–Trinajstić information content (AvgIpc) is 2.58. The highest BCUT2D eigenvalue weighted by Crippen LogP contribution is 2.30.